The topological polar surface area (TPSA) is 33.5 Å². The average Bonchev–Trinajstić information content (AvgIpc) is 3.81. The van der Waals surface area contributed by atoms with Crippen LogP contribution in [0, 0.1) is 17.8 Å². The summed E-state index contributed by atoms with van der Waals surface area (Å²) in [4.78, 5) is 10.2. The first-order chi connectivity index (χ1) is 31.6. The van der Waals surface area contributed by atoms with Gasteiger partial charge in [-0.2, -0.15) is 0 Å². The number of ether oxygens (including phenoxy) is 1. The van der Waals surface area contributed by atoms with Crippen molar-refractivity contribution in [3.63, 3.8) is 0 Å². The third kappa shape index (κ3) is 7.73. The van der Waals surface area contributed by atoms with E-state index in [1.54, 1.807) is 5.56 Å². The van der Waals surface area contributed by atoms with E-state index in [-0.39, 0.29) is 27.1 Å². The highest BCUT2D eigenvalue weighted by Crippen LogP contribution is 2.64. The van der Waals surface area contributed by atoms with Gasteiger partial charge >= 0.3 is 0 Å². The van der Waals surface area contributed by atoms with Crippen molar-refractivity contribution in [2.24, 2.45) is 17.8 Å². The standard InChI is InChI=1S/C62H72N4O/c1-58(2,3)42-19-22-53-51(31-42)50-21-20-49(34-55(50)66(53)56-32-43(23-24-63-56)59(4,5)6)67-48-16-13-15-46(33-48)64-38-65(47-29-44(60(7,8)9)28-45(30-47)61(10,11)12)57-52(17-14-18-54(57)64)62-35-39-25-40(36-62)27-41(26-39)37-62/h13-24,28-34,39-41H,25-27,35-38H2,1-12H3. The van der Waals surface area contributed by atoms with Crippen molar-refractivity contribution in [2.45, 2.75) is 149 Å². The lowest BCUT2D eigenvalue weighted by Crippen LogP contribution is -2.48. The van der Waals surface area contributed by atoms with Gasteiger partial charge in [0.05, 0.1) is 22.4 Å². The second kappa shape index (κ2) is 15.2. The molecule has 346 valence electrons. The molecule has 12 rings (SSSR count). The second-order valence-electron chi connectivity index (χ2n) is 25.4. The Morgan fingerprint density at radius 3 is 1.76 bits per heavy atom. The van der Waals surface area contributed by atoms with Crippen LogP contribution in [0.25, 0.3) is 27.6 Å². The van der Waals surface area contributed by atoms with E-state index in [4.69, 9.17) is 9.72 Å². The van der Waals surface area contributed by atoms with E-state index >= 15 is 0 Å². The van der Waals surface area contributed by atoms with E-state index in [0.717, 1.165) is 58.5 Å². The van der Waals surface area contributed by atoms with Gasteiger partial charge in [-0.3, -0.25) is 4.57 Å². The first-order valence-corrected chi connectivity index (χ1v) is 25.3. The molecule has 5 nitrogen and oxygen atoms in total. The molecule has 7 aromatic rings. The predicted molar refractivity (Wildman–Crippen MR) is 282 cm³/mol. The summed E-state index contributed by atoms with van der Waals surface area (Å²) >= 11 is 0. The molecule has 4 fully saturated rings. The normalized spacial score (nSPS) is 21.8. The Morgan fingerprint density at radius 1 is 0.507 bits per heavy atom. The maximum absolute atomic E-state index is 6.95. The van der Waals surface area contributed by atoms with Crippen molar-refractivity contribution in [3.8, 4) is 17.3 Å². The van der Waals surface area contributed by atoms with Gasteiger partial charge in [-0.1, -0.05) is 113 Å². The van der Waals surface area contributed by atoms with Crippen molar-refractivity contribution < 1.29 is 4.74 Å². The van der Waals surface area contributed by atoms with Crippen LogP contribution in [0.2, 0.25) is 0 Å². The first-order valence-electron chi connectivity index (χ1n) is 25.3. The zero-order valence-corrected chi connectivity index (χ0v) is 42.3. The van der Waals surface area contributed by atoms with Crippen LogP contribution >= 0.6 is 0 Å². The highest BCUT2D eigenvalue weighted by molar-refractivity contribution is 6.10. The Balaban J connectivity index is 1.01. The number of fused-ring (bicyclic) bond motifs is 4. The number of nitrogens with zero attached hydrogens (tertiary/aromatic N) is 4. The van der Waals surface area contributed by atoms with Crippen LogP contribution in [0.1, 0.15) is 149 Å². The third-order valence-corrected chi connectivity index (χ3v) is 16.2. The van der Waals surface area contributed by atoms with Gasteiger partial charge in [0.1, 0.15) is 24.0 Å². The molecule has 0 radical (unpaired) electrons. The molecule has 4 aliphatic carbocycles. The number of anilines is 4. The number of pyridine rings is 1. The van der Waals surface area contributed by atoms with Gasteiger partial charge in [-0.25, -0.2) is 4.98 Å². The summed E-state index contributed by atoms with van der Waals surface area (Å²) in [6.07, 6.45) is 10.3. The van der Waals surface area contributed by atoms with Gasteiger partial charge < -0.3 is 14.5 Å². The van der Waals surface area contributed by atoms with Crippen LogP contribution in [0.5, 0.6) is 11.5 Å². The molecule has 5 aliphatic rings. The maximum atomic E-state index is 6.95. The largest absolute Gasteiger partial charge is 0.457 e. The maximum Gasteiger partial charge on any atom is 0.137 e. The lowest BCUT2D eigenvalue weighted by molar-refractivity contribution is -0.00489. The molecule has 5 aromatic carbocycles. The Morgan fingerprint density at radius 2 is 1.12 bits per heavy atom. The van der Waals surface area contributed by atoms with E-state index in [1.165, 1.54) is 88.6 Å². The summed E-state index contributed by atoms with van der Waals surface area (Å²) in [7, 11) is 0. The molecule has 5 heteroatoms. The Labute approximate surface area is 400 Å². The Kier molecular flexibility index (Phi) is 10.00. The SMILES string of the molecule is CC(C)(C)c1cc(N2CN(c3cccc(Oc4ccc5c6cc(C(C)(C)C)ccc6n(-c6cc(C(C)(C)C)ccn6)c5c4)c3)c3cccc(C45CC6CC(CC(C6)C4)C5)c32)cc(C(C)(C)C)c1. The molecule has 1 aliphatic heterocycles. The van der Waals surface area contributed by atoms with Crippen molar-refractivity contribution in [1.82, 2.24) is 9.55 Å². The summed E-state index contributed by atoms with van der Waals surface area (Å²) in [6, 6.07) is 41.4. The predicted octanol–water partition coefficient (Wildman–Crippen LogP) is 16.9. The summed E-state index contributed by atoms with van der Waals surface area (Å²) < 4.78 is 9.28. The van der Waals surface area contributed by atoms with Crippen LogP contribution in [0.3, 0.4) is 0 Å². The minimum absolute atomic E-state index is 0.00967. The summed E-state index contributed by atoms with van der Waals surface area (Å²) in [6.45, 7) is 28.5. The number of aromatic nitrogens is 2. The zero-order valence-electron chi connectivity index (χ0n) is 42.3. The van der Waals surface area contributed by atoms with Crippen molar-refractivity contribution in [1.29, 1.82) is 0 Å². The van der Waals surface area contributed by atoms with Crippen LogP contribution in [-0.2, 0) is 27.1 Å². The number of benzene rings is 5. The summed E-state index contributed by atoms with van der Waals surface area (Å²) in [5.41, 5.74) is 14.6. The molecule has 4 bridgehead atoms. The van der Waals surface area contributed by atoms with Gasteiger partial charge in [0.2, 0.25) is 0 Å². The van der Waals surface area contributed by atoms with Gasteiger partial charge in [-0.05, 0) is 178 Å². The molecule has 0 unspecified atom stereocenters. The minimum Gasteiger partial charge on any atom is -0.457 e. The molecule has 0 amide bonds. The van der Waals surface area contributed by atoms with Crippen LogP contribution in [0.15, 0.2) is 115 Å². The number of para-hydroxylation sites is 1. The van der Waals surface area contributed by atoms with Gasteiger partial charge in [0.25, 0.3) is 0 Å². The fourth-order valence-electron chi connectivity index (χ4n) is 12.9. The van der Waals surface area contributed by atoms with E-state index in [0.29, 0.717) is 0 Å². The van der Waals surface area contributed by atoms with Gasteiger partial charge in [0.15, 0.2) is 0 Å². The molecular weight excluding hydrogens is 817 g/mol. The molecule has 0 saturated heterocycles. The molecule has 2 aromatic heterocycles. The molecule has 0 spiro atoms. The van der Waals surface area contributed by atoms with Gasteiger partial charge in [0, 0.05) is 40.5 Å². The third-order valence-electron chi connectivity index (χ3n) is 16.2. The van der Waals surface area contributed by atoms with Crippen LogP contribution in [0.4, 0.5) is 22.7 Å². The smallest absolute Gasteiger partial charge is 0.137 e. The monoisotopic (exact) mass is 889 g/mol. The molecule has 0 atom stereocenters. The molecular formula is C62H72N4O. The summed E-state index contributed by atoms with van der Waals surface area (Å²) in [5.74, 6) is 5.14. The average molecular weight is 889 g/mol. The zero-order chi connectivity index (χ0) is 47.0. The van der Waals surface area contributed by atoms with Crippen LogP contribution < -0.4 is 14.5 Å². The summed E-state index contributed by atoms with van der Waals surface area (Å²) in [5, 5.41) is 2.42. The lowest BCUT2D eigenvalue weighted by atomic mass is 9.48. The molecule has 3 heterocycles. The van der Waals surface area contributed by atoms with Gasteiger partial charge in [-0.15, -0.1) is 0 Å². The number of rotatable bonds is 6. The molecule has 67 heavy (non-hydrogen) atoms. The fourth-order valence-corrected chi connectivity index (χ4v) is 12.9. The highest BCUT2D eigenvalue weighted by Gasteiger charge is 2.53. The Hall–Kier alpha value is -5.55. The van der Waals surface area contributed by atoms with Crippen molar-refractivity contribution in [2.75, 3.05) is 16.5 Å². The van der Waals surface area contributed by atoms with Crippen molar-refractivity contribution in [3.05, 3.63) is 143 Å². The van der Waals surface area contributed by atoms with E-state index < -0.39 is 0 Å². The number of hydrogen-bond acceptors (Lipinski definition) is 4. The quantitative estimate of drug-likeness (QED) is 0.167. The van der Waals surface area contributed by atoms with Crippen LogP contribution in [-0.4, -0.2) is 16.2 Å². The number of hydrogen-bond donors (Lipinski definition) is 0. The Bertz CT molecular complexity index is 3000. The molecule has 0 N–H and O–H groups in total. The fraction of sp³-hybridized carbons (Fsp3) is 0.435. The minimum atomic E-state index is -0.00967. The second-order valence-corrected chi connectivity index (χ2v) is 25.4. The van der Waals surface area contributed by atoms with E-state index in [1.807, 2.05) is 6.20 Å². The molecule has 4 saturated carbocycles. The van der Waals surface area contributed by atoms with E-state index in [9.17, 15) is 0 Å². The van der Waals surface area contributed by atoms with Crippen molar-refractivity contribution >= 4 is 44.6 Å². The lowest BCUT2D eigenvalue weighted by Gasteiger charge is -2.57. The highest BCUT2D eigenvalue weighted by atomic mass is 16.5. The first kappa shape index (κ1) is 44.0. The van der Waals surface area contributed by atoms with E-state index in [2.05, 4.69) is 207 Å².